The fourth-order valence-electron chi connectivity index (χ4n) is 2.83. The molecule has 146 valence electrons. The van der Waals surface area contributed by atoms with E-state index in [1.54, 1.807) is 12.3 Å². The maximum atomic E-state index is 12.6. The maximum absolute atomic E-state index is 12.6. The fourth-order valence-corrected chi connectivity index (χ4v) is 4.87. The molecule has 2 aliphatic heterocycles. The minimum Gasteiger partial charge on any atom is -0.459 e. The Balaban J connectivity index is 1.64. The summed E-state index contributed by atoms with van der Waals surface area (Å²) in [7, 11) is 0. The smallest absolute Gasteiger partial charge is 0.333 e. The second kappa shape index (κ2) is 8.21. The van der Waals surface area contributed by atoms with Gasteiger partial charge in [-0.25, -0.2) is 4.79 Å². The van der Waals surface area contributed by atoms with Gasteiger partial charge < -0.3 is 15.0 Å². The number of carbonyl (C=O) groups is 3. The number of nitrogens with one attached hydrogen (secondary N) is 1. The third-order valence-electron chi connectivity index (χ3n) is 4.02. The van der Waals surface area contributed by atoms with Gasteiger partial charge in [-0.1, -0.05) is 40.9 Å². The van der Waals surface area contributed by atoms with Crippen molar-refractivity contribution in [2.45, 2.75) is 34.6 Å². The Labute approximate surface area is 179 Å². The third kappa shape index (κ3) is 4.74. The van der Waals surface area contributed by atoms with Crippen molar-refractivity contribution >= 4 is 75.7 Å². The van der Waals surface area contributed by atoms with Crippen LogP contribution in [0.25, 0.3) is 0 Å². The lowest BCUT2D eigenvalue weighted by atomic mass is 9.98. The molecule has 1 aromatic rings. The molecule has 1 N–H and O–H groups in total. The first-order chi connectivity index (χ1) is 12.7. The van der Waals surface area contributed by atoms with Crippen molar-refractivity contribution in [2.24, 2.45) is 0 Å². The molecule has 0 saturated carbocycles. The predicted molar refractivity (Wildman–Crippen MR) is 107 cm³/mol. The second-order valence-electron chi connectivity index (χ2n) is 6.06. The number of ether oxygens (including phenoxy) is 1. The van der Waals surface area contributed by atoms with E-state index in [0.29, 0.717) is 5.57 Å². The molecule has 1 fully saturated rings. The molecule has 27 heavy (non-hydrogen) atoms. The monoisotopic (exact) mass is 468 g/mol. The number of alkyl halides is 3. The lowest BCUT2D eigenvalue weighted by Gasteiger charge is -2.51. The minimum atomic E-state index is -1.73. The van der Waals surface area contributed by atoms with Crippen LogP contribution in [0.15, 0.2) is 28.5 Å². The van der Waals surface area contributed by atoms with E-state index in [2.05, 4.69) is 5.32 Å². The van der Waals surface area contributed by atoms with Gasteiger partial charge in [-0.2, -0.15) is 0 Å². The highest BCUT2D eigenvalue weighted by Crippen LogP contribution is 2.40. The van der Waals surface area contributed by atoms with Gasteiger partial charge in [-0.3, -0.25) is 9.59 Å². The number of hydrogen-bond donors (Lipinski definition) is 1. The first kappa shape index (κ1) is 20.8. The van der Waals surface area contributed by atoms with Gasteiger partial charge in [-0.05, 0) is 29.4 Å². The Hall–Kier alpha value is -0.930. The summed E-state index contributed by atoms with van der Waals surface area (Å²) in [6.45, 7) is 1.31. The van der Waals surface area contributed by atoms with E-state index in [4.69, 9.17) is 39.5 Å². The second-order valence-corrected chi connectivity index (χ2v) is 10.6. The summed E-state index contributed by atoms with van der Waals surface area (Å²) in [5.74, 6) is -1.25. The van der Waals surface area contributed by atoms with Gasteiger partial charge in [0.2, 0.25) is 15.6 Å². The van der Waals surface area contributed by atoms with Crippen LogP contribution in [-0.2, 0) is 25.5 Å². The Morgan fingerprint density at radius 2 is 2.11 bits per heavy atom. The number of esters is 1. The SMILES string of the molecule is CC1=CS[C@H]2C(NC(=O)Cc3cccs3)C(=O)N2C1C(=O)OCC(Cl)(Cl)Cl. The fraction of sp³-hybridized carbons (Fsp3) is 0.438. The number of fused-ring (bicyclic) bond motifs is 1. The normalized spacial score (nSPS) is 24.6. The Kier molecular flexibility index (Phi) is 6.32. The Bertz CT molecular complexity index is 779. The number of nitrogens with zero attached hydrogens (tertiary/aromatic N) is 1. The van der Waals surface area contributed by atoms with Gasteiger partial charge in [-0.15, -0.1) is 23.1 Å². The van der Waals surface area contributed by atoms with E-state index in [1.807, 2.05) is 17.5 Å². The van der Waals surface area contributed by atoms with Crippen LogP contribution < -0.4 is 5.32 Å². The molecular weight excluding hydrogens is 455 g/mol. The van der Waals surface area contributed by atoms with Crippen LogP contribution in [-0.4, -0.2) is 50.5 Å². The molecule has 0 aliphatic carbocycles. The first-order valence-corrected chi connectivity index (χ1v) is 10.8. The zero-order valence-corrected chi connectivity index (χ0v) is 17.9. The van der Waals surface area contributed by atoms with Gasteiger partial charge in [0.25, 0.3) is 0 Å². The minimum absolute atomic E-state index is 0.211. The molecule has 2 aliphatic rings. The number of carbonyl (C=O) groups excluding carboxylic acids is 3. The molecule has 3 rings (SSSR count). The average molecular weight is 470 g/mol. The summed E-state index contributed by atoms with van der Waals surface area (Å²) in [6.07, 6.45) is 0.211. The van der Waals surface area contributed by atoms with Crippen molar-refractivity contribution in [1.29, 1.82) is 0 Å². The molecule has 0 aromatic carbocycles. The molecule has 2 amide bonds. The molecule has 1 saturated heterocycles. The number of thiophene rings is 1. The van der Waals surface area contributed by atoms with Crippen LogP contribution in [0.2, 0.25) is 0 Å². The zero-order chi connectivity index (χ0) is 19.8. The summed E-state index contributed by atoms with van der Waals surface area (Å²) >= 11 is 19.7. The number of halogens is 3. The third-order valence-corrected chi connectivity index (χ3v) is 6.51. The van der Waals surface area contributed by atoms with E-state index in [0.717, 1.165) is 4.88 Å². The van der Waals surface area contributed by atoms with Crippen molar-refractivity contribution in [2.75, 3.05) is 6.61 Å². The number of rotatable bonds is 5. The Morgan fingerprint density at radius 1 is 1.37 bits per heavy atom. The van der Waals surface area contributed by atoms with Gasteiger partial charge in [0.1, 0.15) is 18.0 Å². The lowest BCUT2D eigenvalue weighted by molar-refractivity contribution is -0.163. The van der Waals surface area contributed by atoms with Crippen LogP contribution in [0.4, 0.5) is 0 Å². The first-order valence-electron chi connectivity index (χ1n) is 7.87. The molecule has 0 bridgehead atoms. The van der Waals surface area contributed by atoms with Crippen molar-refractivity contribution in [3.05, 3.63) is 33.4 Å². The molecular formula is C16H15Cl3N2O4S2. The van der Waals surface area contributed by atoms with Gasteiger partial charge in [0.05, 0.1) is 6.42 Å². The average Bonchev–Trinajstić information content (AvgIpc) is 3.09. The zero-order valence-electron chi connectivity index (χ0n) is 14.0. The summed E-state index contributed by atoms with van der Waals surface area (Å²) < 4.78 is 3.31. The number of amides is 2. The van der Waals surface area contributed by atoms with Gasteiger partial charge in [0, 0.05) is 4.88 Å². The maximum Gasteiger partial charge on any atom is 0.333 e. The molecule has 3 atom stereocenters. The highest BCUT2D eigenvalue weighted by molar-refractivity contribution is 8.02. The van der Waals surface area contributed by atoms with E-state index in [9.17, 15) is 14.4 Å². The highest BCUT2D eigenvalue weighted by atomic mass is 35.6. The molecule has 0 radical (unpaired) electrons. The number of hydrogen-bond acceptors (Lipinski definition) is 6. The molecule has 6 nitrogen and oxygen atoms in total. The quantitative estimate of drug-likeness (QED) is 0.408. The predicted octanol–water partition coefficient (Wildman–Crippen LogP) is 2.88. The van der Waals surface area contributed by atoms with Gasteiger partial charge >= 0.3 is 5.97 Å². The largest absolute Gasteiger partial charge is 0.459 e. The van der Waals surface area contributed by atoms with Crippen LogP contribution >= 0.6 is 57.9 Å². The summed E-state index contributed by atoms with van der Waals surface area (Å²) in [5, 5.41) is 6.04. The number of thioether (sulfide) groups is 1. The van der Waals surface area contributed by atoms with Crippen LogP contribution in [0.3, 0.4) is 0 Å². The van der Waals surface area contributed by atoms with Crippen molar-refractivity contribution in [3.63, 3.8) is 0 Å². The summed E-state index contributed by atoms with van der Waals surface area (Å²) in [4.78, 5) is 39.5. The van der Waals surface area contributed by atoms with E-state index in [-0.39, 0.29) is 23.6 Å². The van der Waals surface area contributed by atoms with E-state index < -0.39 is 28.5 Å². The van der Waals surface area contributed by atoms with Crippen molar-refractivity contribution in [3.8, 4) is 0 Å². The topological polar surface area (TPSA) is 75.7 Å². The molecule has 1 aromatic heterocycles. The van der Waals surface area contributed by atoms with Crippen LogP contribution in [0.5, 0.6) is 0 Å². The van der Waals surface area contributed by atoms with Crippen LogP contribution in [0.1, 0.15) is 11.8 Å². The van der Waals surface area contributed by atoms with E-state index in [1.165, 1.54) is 28.0 Å². The van der Waals surface area contributed by atoms with Crippen LogP contribution in [0, 0.1) is 0 Å². The molecule has 11 heteroatoms. The van der Waals surface area contributed by atoms with Crippen molar-refractivity contribution in [1.82, 2.24) is 10.2 Å². The summed E-state index contributed by atoms with van der Waals surface area (Å²) in [6, 6.07) is 2.15. The molecule has 0 spiro atoms. The molecule has 3 heterocycles. The highest BCUT2D eigenvalue weighted by Gasteiger charge is 2.55. The lowest BCUT2D eigenvalue weighted by Crippen LogP contribution is -2.74. The van der Waals surface area contributed by atoms with Crippen molar-refractivity contribution < 1.29 is 19.1 Å². The Morgan fingerprint density at radius 3 is 2.74 bits per heavy atom. The molecule has 2 unspecified atom stereocenters. The van der Waals surface area contributed by atoms with E-state index >= 15 is 0 Å². The summed E-state index contributed by atoms with van der Waals surface area (Å²) in [5.41, 5.74) is 0.655. The standard InChI is InChI=1S/C16H15Cl3N2O4S2/c1-8-6-27-14-11(20-10(22)5-9-3-2-4-26-9)13(23)21(14)12(8)15(24)25-7-16(17,18)19/h2-4,6,11-12,14H,5,7H2,1H3,(H,20,22)/t11?,12?,14-/m0/s1. The number of β-lactam (4-membered cyclic amide) rings is 1. The van der Waals surface area contributed by atoms with Gasteiger partial charge in [0.15, 0.2) is 6.04 Å².